The van der Waals surface area contributed by atoms with Crippen molar-refractivity contribution in [3.63, 3.8) is 0 Å². The van der Waals surface area contributed by atoms with E-state index in [-0.39, 0.29) is 33.1 Å². The molecule has 3 atom stereocenters. The lowest BCUT2D eigenvalue weighted by Gasteiger charge is -2.53. The van der Waals surface area contributed by atoms with Crippen LogP contribution in [-0.2, 0) is 22.3 Å². The van der Waals surface area contributed by atoms with Gasteiger partial charge in [0.25, 0.3) is 0 Å². The van der Waals surface area contributed by atoms with Crippen LogP contribution >= 0.6 is 0 Å². The Morgan fingerprint density at radius 3 is 2.33 bits per heavy atom. The fourth-order valence-electron chi connectivity index (χ4n) is 8.54. The Kier molecular flexibility index (Phi) is 8.63. The zero-order chi connectivity index (χ0) is 32.7. The van der Waals surface area contributed by atoms with Gasteiger partial charge in [0.15, 0.2) is 0 Å². The van der Waals surface area contributed by atoms with Crippen molar-refractivity contribution in [2.75, 3.05) is 44.7 Å². The second-order valence-corrected chi connectivity index (χ2v) is 15.9. The van der Waals surface area contributed by atoms with E-state index >= 15 is 0 Å². The minimum Gasteiger partial charge on any atom is -0.465 e. The maximum atomic E-state index is 13.0. The van der Waals surface area contributed by atoms with Gasteiger partial charge in [-0.3, -0.25) is 4.68 Å². The SMILES string of the molecule is CN(C(=O)O)[C@H]1CCC[C@@H]1C(C#N)(c1ccccc1)C1CCN(CC2(C)CN(c3ccc(S(=O)(=O)c4cnn(C)c4)cc3)C2)CC1. The average Bonchev–Trinajstić information content (AvgIpc) is 3.72. The normalized spacial score (nSPS) is 23.3. The standard InChI is InChI=1S/C35H44N6O4S/c1-34(24-41(25-34)28-12-14-29(15-13-28)46(44,45)30-20-37-38(2)21-30)23-40-18-16-27(17-19-40)35(22-36,26-8-5-4-6-9-26)31-10-7-11-32(31)39(3)33(42)43/h4-6,8-9,12-15,20-21,27,31-32H,7,10-11,16-19,23-25H2,1-3H3,(H,42,43)/t31-,32-,35?/m0/s1. The van der Waals surface area contributed by atoms with E-state index in [9.17, 15) is 23.6 Å². The Hall–Kier alpha value is -3.88. The Bertz CT molecular complexity index is 1690. The largest absolute Gasteiger partial charge is 0.465 e. The molecule has 1 N–H and O–H groups in total. The molecule has 3 fully saturated rings. The number of rotatable bonds is 9. The minimum atomic E-state index is -3.60. The number of aromatic nitrogens is 2. The van der Waals surface area contributed by atoms with Crippen LogP contribution in [0.1, 0.15) is 44.6 Å². The van der Waals surface area contributed by atoms with Gasteiger partial charge in [0.2, 0.25) is 9.84 Å². The lowest BCUT2D eigenvalue weighted by atomic mass is 9.59. The Morgan fingerprint density at radius 1 is 1.07 bits per heavy atom. The number of nitrogens with zero attached hydrogens (tertiary/aromatic N) is 6. The number of benzene rings is 2. The second-order valence-electron chi connectivity index (χ2n) is 13.9. The molecule has 244 valence electrons. The molecular weight excluding hydrogens is 600 g/mol. The first-order chi connectivity index (χ1) is 22.0. The van der Waals surface area contributed by atoms with Crippen molar-refractivity contribution in [3.05, 3.63) is 72.6 Å². The topological polar surface area (TPSA) is 123 Å². The number of carboxylic acid groups (broad SMARTS) is 1. The summed E-state index contributed by atoms with van der Waals surface area (Å²) in [5.41, 5.74) is 1.42. The summed E-state index contributed by atoms with van der Waals surface area (Å²) in [5.74, 6) is 0.108. The molecule has 11 heteroatoms. The first-order valence-corrected chi connectivity index (χ1v) is 17.7. The molecule has 1 aliphatic carbocycles. The summed E-state index contributed by atoms with van der Waals surface area (Å²) in [7, 11) is -0.247. The number of amides is 1. The van der Waals surface area contributed by atoms with E-state index in [1.54, 1.807) is 26.2 Å². The van der Waals surface area contributed by atoms with Crippen molar-refractivity contribution in [3.8, 4) is 6.07 Å². The summed E-state index contributed by atoms with van der Waals surface area (Å²) in [4.78, 5) is 18.7. The van der Waals surface area contributed by atoms with Crippen LogP contribution in [0.4, 0.5) is 10.5 Å². The summed E-state index contributed by atoms with van der Waals surface area (Å²) in [5, 5.41) is 24.8. The average molecular weight is 645 g/mol. The Labute approximate surface area is 272 Å². The molecule has 3 heterocycles. The van der Waals surface area contributed by atoms with Crippen LogP contribution in [0.5, 0.6) is 0 Å². The summed E-state index contributed by atoms with van der Waals surface area (Å²) in [6.45, 7) is 6.86. The van der Waals surface area contributed by atoms with E-state index in [1.165, 1.54) is 22.0 Å². The summed E-state index contributed by atoms with van der Waals surface area (Å²) >= 11 is 0. The van der Waals surface area contributed by atoms with E-state index in [0.29, 0.717) is 0 Å². The molecule has 0 spiro atoms. The molecule has 2 aromatic carbocycles. The van der Waals surface area contributed by atoms with Gasteiger partial charge in [-0.2, -0.15) is 10.4 Å². The molecule has 2 saturated heterocycles. The summed E-state index contributed by atoms with van der Waals surface area (Å²) in [6, 6.07) is 19.9. The third-order valence-corrected chi connectivity index (χ3v) is 12.5. The predicted octanol–water partition coefficient (Wildman–Crippen LogP) is 5.03. The van der Waals surface area contributed by atoms with Crippen LogP contribution in [0.2, 0.25) is 0 Å². The molecule has 1 unspecified atom stereocenters. The number of aryl methyl sites for hydroxylation is 1. The van der Waals surface area contributed by atoms with Gasteiger partial charge in [-0.05, 0) is 74.5 Å². The van der Waals surface area contributed by atoms with Gasteiger partial charge in [-0.25, -0.2) is 13.2 Å². The van der Waals surface area contributed by atoms with Crippen LogP contribution < -0.4 is 4.90 Å². The van der Waals surface area contributed by atoms with Crippen molar-refractivity contribution >= 4 is 21.6 Å². The van der Waals surface area contributed by atoms with Crippen LogP contribution in [0.25, 0.3) is 0 Å². The molecular formula is C35H44N6O4S. The highest BCUT2D eigenvalue weighted by Gasteiger charge is 2.54. The third-order valence-electron chi connectivity index (χ3n) is 10.8. The van der Waals surface area contributed by atoms with Crippen LogP contribution in [0, 0.1) is 28.6 Å². The number of hydrogen-bond donors (Lipinski definition) is 1. The molecule has 46 heavy (non-hydrogen) atoms. The number of sulfone groups is 1. The second kappa shape index (κ2) is 12.4. The number of carbonyl (C=O) groups is 1. The number of nitriles is 1. The van der Waals surface area contributed by atoms with Crippen molar-refractivity contribution in [2.24, 2.45) is 24.3 Å². The van der Waals surface area contributed by atoms with Gasteiger partial charge >= 0.3 is 6.09 Å². The molecule has 1 saturated carbocycles. The maximum absolute atomic E-state index is 13.0. The van der Waals surface area contributed by atoms with Gasteiger partial charge in [-0.15, -0.1) is 0 Å². The van der Waals surface area contributed by atoms with Crippen molar-refractivity contribution in [2.45, 2.75) is 60.3 Å². The first kappa shape index (κ1) is 32.1. The first-order valence-electron chi connectivity index (χ1n) is 16.2. The molecule has 2 aliphatic heterocycles. The fourth-order valence-corrected chi connectivity index (χ4v) is 9.78. The van der Waals surface area contributed by atoms with Crippen LogP contribution in [0.3, 0.4) is 0 Å². The van der Waals surface area contributed by atoms with Crippen LogP contribution in [0.15, 0.2) is 76.8 Å². The number of piperidine rings is 1. The van der Waals surface area contributed by atoms with Gasteiger partial charge in [0, 0.05) is 63.0 Å². The van der Waals surface area contributed by atoms with Gasteiger partial charge in [0.05, 0.1) is 22.6 Å². The minimum absolute atomic E-state index is 0.0407. The van der Waals surface area contributed by atoms with Crippen molar-refractivity contribution < 1.29 is 18.3 Å². The Balaban J connectivity index is 1.10. The van der Waals surface area contributed by atoms with E-state index in [2.05, 4.69) is 40.0 Å². The van der Waals surface area contributed by atoms with Gasteiger partial charge in [0.1, 0.15) is 4.90 Å². The molecule has 1 amide bonds. The molecule has 3 aromatic rings. The number of anilines is 1. The number of hydrogen-bond acceptors (Lipinski definition) is 7. The highest BCUT2D eigenvalue weighted by molar-refractivity contribution is 7.91. The monoisotopic (exact) mass is 644 g/mol. The zero-order valence-corrected chi connectivity index (χ0v) is 27.7. The van der Waals surface area contributed by atoms with Crippen molar-refractivity contribution in [1.29, 1.82) is 5.26 Å². The molecule has 1 aromatic heterocycles. The maximum Gasteiger partial charge on any atom is 0.407 e. The Morgan fingerprint density at radius 2 is 1.74 bits per heavy atom. The number of likely N-dealkylation sites (tertiary alicyclic amines) is 1. The van der Waals surface area contributed by atoms with E-state index in [4.69, 9.17) is 0 Å². The summed E-state index contributed by atoms with van der Waals surface area (Å²) < 4.78 is 27.4. The smallest absolute Gasteiger partial charge is 0.407 e. The van der Waals surface area contributed by atoms with E-state index < -0.39 is 21.3 Å². The third kappa shape index (κ3) is 5.77. The van der Waals surface area contributed by atoms with Gasteiger partial charge < -0.3 is 19.8 Å². The predicted molar refractivity (Wildman–Crippen MR) is 175 cm³/mol. The molecule has 0 radical (unpaired) electrons. The van der Waals surface area contributed by atoms with Crippen LogP contribution in [-0.4, -0.2) is 85.0 Å². The van der Waals surface area contributed by atoms with Crippen molar-refractivity contribution in [1.82, 2.24) is 19.6 Å². The molecule has 10 nitrogen and oxygen atoms in total. The van der Waals surface area contributed by atoms with Gasteiger partial charge in [-0.1, -0.05) is 43.7 Å². The fraction of sp³-hybridized carbons (Fsp3) is 0.514. The highest BCUT2D eigenvalue weighted by Crippen LogP contribution is 2.51. The lowest BCUT2D eigenvalue weighted by Crippen LogP contribution is -2.60. The molecule has 6 rings (SSSR count). The van der Waals surface area contributed by atoms with E-state index in [0.717, 1.165) is 76.1 Å². The molecule has 0 bridgehead atoms. The zero-order valence-electron chi connectivity index (χ0n) is 26.9. The van der Waals surface area contributed by atoms with E-state index in [1.807, 2.05) is 30.3 Å². The highest BCUT2D eigenvalue weighted by atomic mass is 32.2. The summed E-state index contributed by atoms with van der Waals surface area (Å²) in [6.07, 6.45) is 6.33. The quantitative estimate of drug-likeness (QED) is 0.344. The molecule has 3 aliphatic rings. The lowest BCUT2D eigenvalue weighted by molar-refractivity contribution is 0.0573.